The third-order valence-electron chi connectivity index (χ3n) is 2.26. The number of amides is 1. The van der Waals surface area contributed by atoms with Gasteiger partial charge in [-0.15, -0.1) is 6.42 Å². The molecule has 1 heterocycles. The van der Waals surface area contributed by atoms with E-state index in [0.717, 1.165) is 0 Å². The number of hydrogen-bond donors (Lipinski definition) is 1. The lowest BCUT2D eigenvalue weighted by molar-refractivity contribution is -0.115. The number of ether oxygens (including phenoxy) is 1. The predicted molar refractivity (Wildman–Crippen MR) is 87.1 cm³/mol. The highest BCUT2D eigenvalue weighted by Crippen LogP contribution is 2.36. The summed E-state index contributed by atoms with van der Waals surface area (Å²) in [6, 6.07) is 3.28. The fourth-order valence-electron chi connectivity index (χ4n) is 1.49. The Bertz CT molecular complexity index is 642. The molecule has 3 nitrogen and oxygen atoms in total. The van der Waals surface area contributed by atoms with Gasteiger partial charge >= 0.3 is 0 Å². The second-order valence-electron chi connectivity index (χ2n) is 3.66. The Morgan fingerprint density at radius 3 is 2.60 bits per heavy atom. The van der Waals surface area contributed by atoms with Gasteiger partial charge in [-0.1, -0.05) is 53.1 Å². The van der Waals surface area contributed by atoms with Crippen LogP contribution in [0.5, 0.6) is 5.75 Å². The molecular weight excluding hydrogens is 337 g/mol. The van der Waals surface area contributed by atoms with E-state index in [4.69, 9.17) is 46.6 Å². The van der Waals surface area contributed by atoms with Gasteiger partial charge in [0.15, 0.2) is 5.75 Å². The molecule has 1 fully saturated rings. The summed E-state index contributed by atoms with van der Waals surface area (Å²) in [5, 5.41) is 3.18. The molecule has 0 aromatic heterocycles. The van der Waals surface area contributed by atoms with Crippen molar-refractivity contribution in [3.63, 3.8) is 0 Å². The molecule has 1 aliphatic heterocycles. The molecule has 102 valence electrons. The first-order chi connectivity index (χ1) is 9.51. The number of rotatable bonds is 3. The first-order valence-electron chi connectivity index (χ1n) is 5.31. The van der Waals surface area contributed by atoms with Crippen molar-refractivity contribution in [1.82, 2.24) is 5.32 Å². The Morgan fingerprint density at radius 2 is 2.10 bits per heavy atom. The summed E-state index contributed by atoms with van der Waals surface area (Å²) in [6.07, 6.45) is 6.77. The van der Waals surface area contributed by atoms with E-state index in [1.165, 1.54) is 11.8 Å². The normalized spacial score (nSPS) is 16.1. The Kier molecular flexibility index (Phi) is 4.95. The predicted octanol–water partition coefficient (Wildman–Crippen LogP) is 3.49. The van der Waals surface area contributed by atoms with Gasteiger partial charge in [-0.3, -0.25) is 4.79 Å². The molecule has 1 aliphatic rings. The molecule has 0 bridgehead atoms. The molecule has 1 saturated heterocycles. The quantitative estimate of drug-likeness (QED) is 0.518. The van der Waals surface area contributed by atoms with Gasteiger partial charge in [-0.2, -0.15) is 0 Å². The van der Waals surface area contributed by atoms with Gasteiger partial charge in [0.25, 0.3) is 5.91 Å². The van der Waals surface area contributed by atoms with Gasteiger partial charge in [0.2, 0.25) is 0 Å². The Hall–Kier alpha value is -1.19. The summed E-state index contributed by atoms with van der Waals surface area (Å²) < 4.78 is 5.68. The summed E-state index contributed by atoms with van der Waals surface area (Å²) >= 11 is 18.3. The maximum Gasteiger partial charge on any atom is 0.263 e. The van der Waals surface area contributed by atoms with Gasteiger partial charge < -0.3 is 10.1 Å². The molecule has 0 aliphatic carbocycles. The summed E-state index contributed by atoms with van der Waals surface area (Å²) in [6.45, 7) is 0.0758. The lowest BCUT2D eigenvalue weighted by atomic mass is 10.2. The molecule has 0 atom stereocenters. The Balaban J connectivity index is 2.31. The molecule has 0 unspecified atom stereocenters. The monoisotopic (exact) mass is 343 g/mol. The van der Waals surface area contributed by atoms with Gasteiger partial charge in [0.1, 0.15) is 10.9 Å². The van der Waals surface area contributed by atoms with E-state index < -0.39 is 0 Å². The number of benzene rings is 1. The second-order valence-corrected chi connectivity index (χ2v) is 6.19. The minimum atomic E-state index is -0.236. The first kappa shape index (κ1) is 15.2. The topological polar surface area (TPSA) is 38.3 Å². The zero-order valence-electron chi connectivity index (χ0n) is 9.91. The van der Waals surface area contributed by atoms with Crippen molar-refractivity contribution in [2.75, 3.05) is 6.61 Å². The number of halogens is 2. The smallest absolute Gasteiger partial charge is 0.263 e. The average Bonchev–Trinajstić information content (AvgIpc) is 2.67. The van der Waals surface area contributed by atoms with Gasteiger partial charge in [0, 0.05) is 0 Å². The maximum absolute atomic E-state index is 11.6. The zero-order chi connectivity index (χ0) is 14.7. The van der Waals surface area contributed by atoms with E-state index in [1.54, 1.807) is 18.2 Å². The zero-order valence-corrected chi connectivity index (χ0v) is 13.1. The van der Waals surface area contributed by atoms with E-state index in [2.05, 4.69) is 11.2 Å². The molecule has 1 aromatic carbocycles. The highest BCUT2D eigenvalue weighted by molar-refractivity contribution is 8.26. The van der Waals surface area contributed by atoms with Crippen molar-refractivity contribution >= 4 is 63.5 Å². The molecule has 1 N–H and O–H groups in total. The summed E-state index contributed by atoms with van der Waals surface area (Å²) in [5.41, 5.74) is 0.676. The fraction of sp³-hybridized carbons (Fsp3) is 0.0769. The molecule has 1 aromatic rings. The molecule has 20 heavy (non-hydrogen) atoms. The lowest BCUT2D eigenvalue weighted by Crippen LogP contribution is -2.17. The van der Waals surface area contributed by atoms with Crippen molar-refractivity contribution in [2.45, 2.75) is 0 Å². The average molecular weight is 344 g/mol. The van der Waals surface area contributed by atoms with E-state index in [0.29, 0.717) is 30.6 Å². The largest absolute Gasteiger partial charge is 0.478 e. The number of carbonyl (C=O) groups is 1. The van der Waals surface area contributed by atoms with E-state index >= 15 is 0 Å². The Morgan fingerprint density at radius 1 is 1.45 bits per heavy atom. The molecule has 0 saturated carbocycles. The third-order valence-corrected chi connectivity index (χ3v) is 3.98. The molecule has 1 amide bonds. The minimum Gasteiger partial charge on any atom is -0.478 e. The Labute approximate surface area is 135 Å². The number of nitrogens with one attached hydrogen (secondary N) is 1. The molecule has 7 heteroatoms. The van der Waals surface area contributed by atoms with Crippen LogP contribution in [-0.4, -0.2) is 16.8 Å². The van der Waals surface area contributed by atoms with Crippen LogP contribution in [0.4, 0.5) is 0 Å². The van der Waals surface area contributed by atoms with E-state index in [-0.39, 0.29) is 12.5 Å². The van der Waals surface area contributed by atoms with Crippen LogP contribution in [-0.2, 0) is 4.79 Å². The van der Waals surface area contributed by atoms with Crippen molar-refractivity contribution < 1.29 is 9.53 Å². The number of hydrogen-bond acceptors (Lipinski definition) is 4. The van der Waals surface area contributed by atoms with Crippen LogP contribution >= 0.6 is 47.2 Å². The van der Waals surface area contributed by atoms with Gasteiger partial charge in [-0.05, 0) is 23.8 Å². The number of terminal acetylenes is 1. The third kappa shape index (κ3) is 3.47. The molecule has 0 spiro atoms. The fourth-order valence-corrected chi connectivity index (χ4v) is 3.14. The highest BCUT2D eigenvalue weighted by Gasteiger charge is 2.22. The first-order valence-corrected chi connectivity index (χ1v) is 7.29. The standard InChI is InChI=1S/C13H7Cl2NO2S2/c1-2-3-18-11-8(14)4-7(5-9(11)15)6-10-12(17)16-13(19)20-10/h1,4-6H,3H2,(H,16,17,19)/b10-6-. The van der Waals surface area contributed by atoms with Gasteiger partial charge in [0.05, 0.1) is 15.0 Å². The minimum absolute atomic E-state index is 0.0758. The number of thioether (sulfide) groups is 1. The maximum atomic E-state index is 11.6. The van der Waals surface area contributed by atoms with Gasteiger partial charge in [-0.25, -0.2) is 0 Å². The molecule has 0 radical (unpaired) electrons. The van der Waals surface area contributed by atoms with Crippen LogP contribution in [0.2, 0.25) is 10.0 Å². The van der Waals surface area contributed by atoms with Crippen LogP contribution in [0, 0.1) is 12.3 Å². The van der Waals surface area contributed by atoms with Crippen LogP contribution in [0.15, 0.2) is 17.0 Å². The number of thiocarbonyl (C=S) groups is 1. The van der Waals surface area contributed by atoms with Crippen molar-refractivity contribution in [3.05, 3.63) is 32.6 Å². The van der Waals surface area contributed by atoms with Crippen LogP contribution in [0.25, 0.3) is 6.08 Å². The number of carbonyl (C=O) groups excluding carboxylic acids is 1. The van der Waals surface area contributed by atoms with Crippen molar-refractivity contribution in [2.24, 2.45) is 0 Å². The molecular formula is C13H7Cl2NO2S2. The van der Waals surface area contributed by atoms with E-state index in [1.807, 2.05) is 0 Å². The van der Waals surface area contributed by atoms with Crippen molar-refractivity contribution in [3.8, 4) is 18.1 Å². The second kappa shape index (κ2) is 6.51. The van der Waals surface area contributed by atoms with Crippen LogP contribution in [0.3, 0.4) is 0 Å². The highest BCUT2D eigenvalue weighted by atomic mass is 35.5. The summed E-state index contributed by atoms with van der Waals surface area (Å²) in [5.74, 6) is 2.42. The molecule has 2 rings (SSSR count). The lowest BCUT2D eigenvalue weighted by Gasteiger charge is -2.08. The van der Waals surface area contributed by atoms with Crippen LogP contribution < -0.4 is 10.1 Å². The van der Waals surface area contributed by atoms with Crippen LogP contribution in [0.1, 0.15) is 5.56 Å². The van der Waals surface area contributed by atoms with Crippen molar-refractivity contribution in [1.29, 1.82) is 0 Å². The SMILES string of the molecule is C#CCOc1c(Cl)cc(/C=C2\SC(=S)NC2=O)cc1Cl. The van der Waals surface area contributed by atoms with E-state index in [9.17, 15) is 4.79 Å². The summed E-state index contributed by atoms with van der Waals surface area (Å²) in [7, 11) is 0. The summed E-state index contributed by atoms with van der Waals surface area (Å²) in [4.78, 5) is 12.1.